The lowest BCUT2D eigenvalue weighted by Gasteiger charge is -2.17. The highest BCUT2D eigenvalue weighted by molar-refractivity contribution is 5.35. The Morgan fingerprint density at radius 3 is 2.50 bits per heavy atom. The van der Waals surface area contributed by atoms with Crippen molar-refractivity contribution in [1.29, 1.82) is 0 Å². The summed E-state index contributed by atoms with van der Waals surface area (Å²) < 4.78 is 0. The van der Waals surface area contributed by atoms with E-state index in [1.807, 2.05) is 31.0 Å². The minimum atomic E-state index is 0.646. The monoisotopic (exact) mass is 191 g/mol. The molecule has 0 atom stereocenters. The quantitative estimate of drug-likeness (QED) is 0.664. The Kier molecular flexibility index (Phi) is 1.99. The molecule has 0 bridgehead atoms. The van der Waals surface area contributed by atoms with Gasteiger partial charge >= 0.3 is 0 Å². The molecule has 0 saturated carbocycles. The number of nitrogens with two attached hydrogens (primary N) is 1. The maximum atomic E-state index is 5.59. The summed E-state index contributed by atoms with van der Waals surface area (Å²) in [6.45, 7) is 4.60. The Bertz CT molecular complexity index is 365. The Hall–Kier alpha value is -1.78. The third-order valence-electron chi connectivity index (χ3n) is 1.97. The first kappa shape index (κ1) is 8.80. The van der Waals surface area contributed by atoms with Gasteiger partial charge in [0, 0.05) is 11.4 Å². The van der Waals surface area contributed by atoms with E-state index in [2.05, 4.69) is 15.4 Å². The van der Waals surface area contributed by atoms with E-state index in [4.69, 9.17) is 5.73 Å². The summed E-state index contributed by atoms with van der Waals surface area (Å²) in [5.74, 6) is 1.31. The van der Waals surface area contributed by atoms with Crippen LogP contribution < -0.4 is 16.2 Å². The average molecular weight is 191 g/mol. The number of hydrazine groups is 1. The molecule has 0 aliphatic carbocycles. The Balaban J connectivity index is 2.25. The van der Waals surface area contributed by atoms with Crippen molar-refractivity contribution in [2.45, 2.75) is 13.8 Å². The molecular weight excluding hydrogens is 178 g/mol. The lowest BCUT2D eigenvalue weighted by atomic mass is 10.4. The van der Waals surface area contributed by atoms with Crippen molar-refractivity contribution in [3.63, 3.8) is 0 Å². The van der Waals surface area contributed by atoms with Crippen molar-refractivity contribution < 1.29 is 0 Å². The van der Waals surface area contributed by atoms with Gasteiger partial charge in [0.15, 0.2) is 0 Å². The maximum absolute atomic E-state index is 5.59. The summed E-state index contributed by atoms with van der Waals surface area (Å²) in [4.78, 5) is 8.63. The molecule has 1 aliphatic rings. The highest BCUT2D eigenvalue weighted by Crippen LogP contribution is 2.10. The Morgan fingerprint density at radius 2 is 2.00 bits per heavy atom. The van der Waals surface area contributed by atoms with Gasteiger partial charge < -0.3 is 5.73 Å². The predicted molar refractivity (Wildman–Crippen MR) is 54.3 cm³/mol. The number of aryl methyl sites for hydroxylation is 2. The zero-order valence-corrected chi connectivity index (χ0v) is 8.28. The Morgan fingerprint density at radius 1 is 1.36 bits per heavy atom. The van der Waals surface area contributed by atoms with Crippen LogP contribution in [0, 0.1) is 13.8 Å². The van der Waals surface area contributed by atoms with Gasteiger partial charge in [-0.25, -0.2) is 15.0 Å². The summed E-state index contributed by atoms with van der Waals surface area (Å²) in [7, 11) is 0. The van der Waals surface area contributed by atoms with E-state index in [1.54, 1.807) is 0 Å². The fourth-order valence-electron chi connectivity index (χ4n) is 1.40. The molecular formula is C9H13N5. The lowest BCUT2D eigenvalue weighted by Crippen LogP contribution is -2.35. The van der Waals surface area contributed by atoms with Gasteiger partial charge in [0.25, 0.3) is 0 Å². The number of rotatable bonds is 1. The molecule has 2 heterocycles. The SMILES string of the molecule is Cc1cc(C)nc(N2CC=C(N)N2)n1. The number of nitrogens with one attached hydrogen (secondary N) is 1. The van der Waals surface area contributed by atoms with Crippen molar-refractivity contribution in [1.82, 2.24) is 15.4 Å². The van der Waals surface area contributed by atoms with Gasteiger partial charge in [-0.1, -0.05) is 0 Å². The van der Waals surface area contributed by atoms with Gasteiger partial charge in [0.2, 0.25) is 5.95 Å². The first-order valence-electron chi connectivity index (χ1n) is 4.47. The summed E-state index contributed by atoms with van der Waals surface area (Å²) in [6.07, 6.45) is 1.89. The molecule has 5 nitrogen and oxygen atoms in total. The van der Waals surface area contributed by atoms with Gasteiger partial charge in [0.1, 0.15) is 5.82 Å². The summed E-state index contributed by atoms with van der Waals surface area (Å²) in [6, 6.07) is 1.94. The van der Waals surface area contributed by atoms with Crippen LogP contribution in [-0.4, -0.2) is 16.5 Å². The van der Waals surface area contributed by atoms with E-state index < -0.39 is 0 Å². The fraction of sp³-hybridized carbons (Fsp3) is 0.333. The standard InChI is InChI=1S/C9H13N5/c1-6-5-7(2)12-9(11-6)14-4-3-8(10)13-14/h3,5,13H,4,10H2,1-2H3. The van der Waals surface area contributed by atoms with Crippen LogP contribution >= 0.6 is 0 Å². The minimum Gasteiger partial charge on any atom is -0.384 e. The third-order valence-corrected chi connectivity index (χ3v) is 1.97. The zero-order chi connectivity index (χ0) is 10.1. The number of hydrogen-bond donors (Lipinski definition) is 2. The van der Waals surface area contributed by atoms with E-state index in [9.17, 15) is 0 Å². The molecule has 2 rings (SSSR count). The smallest absolute Gasteiger partial charge is 0.245 e. The van der Waals surface area contributed by atoms with Crippen LogP contribution in [0.4, 0.5) is 5.95 Å². The van der Waals surface area contributed by atoms with Crippen molar-refractivity contribution >= 4 is 5.95 Å². The van der Waals surface area contributed by atoms with E-state index in [0.29, 0.717) is 18.3 Å². The predicted octanol–water partition coefficient (Wildman–Crippen LogP) is 0.218. The molecule has 1 aromatic heterocycles. The number of aromatic nitrogens is 2. The van der Waals surface area contributed by atoms with Gasteiger partial charge in [-0.3, -0.25) is 5.43 Å². The molecule has 5 heteroatoms. The van der Waals surface area contributed by atoms with Crippen LogP contribution in [0.15, 0.2) is 18.0 Å². The second-order valence-electron chi connectivity index (χ2n) is 3.33. The average Bonchev–Trinajstić information content (AvgIpc) is 2.50. The number of anilines is 1. The van der Waals surface area contributed by atoms with Gasteiger partial charge in [0.05, 0.1) is 6.54 Å². The molecule has 0 spiro atoms. The summed E-state index contributed by atoms with van der Waals surface area (Å²) >= 11 is 0. The second-order valence-corrected chi connectivity index (χ2v) is 3.33. The fourth-order valence-corrected chi connectivity index (χ4v) is 1.40. The van der Waals surface area contributed by atoms with Crippen LogP contribution in [0.1, 0.15) is 11.4 Å². The molecule has 0 amide bonds. The van der Waals surface area contributed by atoms with E-state index in [0.717, 1.165) is 11.4 Å². The summed E-state index contributed by atoms with van der Waals surface area (Å²) in [5, 5.41) is 1.81. The first-order chi connectivity index (χ1) is 6.65. The molecule has 0 fully saturated rings. The number of nitrogens with zero attached hydrogens (tertiary/aromatic N) is 3. The van der Waals surface area contributed by atoms with Gasteiger partial charge in [-0.2, -0.15) is 0 Å². The third kappa shape index (κ3) is 1.61. The van der Waals surface area contributed by atoms with Crippen LogP contribution in [-0.2, 0) is 0 Å². The highest BCUT2D eigenvalue weighted by Gasteiger charge is 2.14. The molecule has 0 unspecified atom stereocenters. The molecule has 1 aliphatic heterocycles. The molecule has 0 aromatic carbocycles. The van der Waals surface area contributed by atoms with Gasteiger partial charge in [-0.15, -0.1) is 0 Å². The van der Waals surface area contributed by atoms with Crippen molar-refractivity contribution in [3.05, 3.63) is 29.4 Å². The van der Waals surface area contributed by atoms with Crippen LogP contribution in [0.3, 0.4) is 0 Å². The van der Waals surface area contributed by atoms with Crippen LogP contribution in [0.2, 0.25) is 0 Å². The normalized spacial score (nSPS) is 15.3. The van der Waals surface area contributed by atoms with Gasteiger partial charge in [-0.05, 0) is 26.0 Å². The second kappa shape index (κ2) is 3.17. The zero-order valence-electron chi connectivity index (χ0n) is 8.28. The lowest BCUT2D eigenvalue weighted by molar-refractivity contribution is 0.755. The van der Waals surface area contributed by atoms with Crippen molar-refractivity contribution in [3.8, 4) is 0 Å². The Labute approximate surface area is 82.6 Å². The molecule has 1 aromatic rings. The van der Waals surface area contributed by atoms with E-state index in [-0.39, 0.29) is 0 Å². The number of hydrogen-bond acceptors (Lipinski definition) is 5. The van der Waals surface area contributed by atoms with E-state index >= 15 is 0 Å². The topological polar surface area (TPSA) is 67.1 Å². The molecule has 0 radical (unpaired) electrons. The molecule has 74 valence electrons. The molecule has 3 N–H and O–H groups in total. The van der Waals surface area contributed by atoms with Crippen LogP contribution in [0.5, 0.6) is 0 Å². The minimum absolute atomic E-state index is 0.646. The molecule has 0 saturated heterocycles. The van der Waals surface area contributed by atoms with Crippen molar-refractivity contribution in [2.75, 3.05) is 11.6 Å². The van der Waals surface area contributed by atoms with Crippen molar-refractivity contribution in [2.24, 2.45) is 5.73 Å². The first-order valence-corrected chi connectivity index (χ1v) is 4.47. The maximum Gasteiger partial charge on any atom is 0.245 e. The molecule has 14 heavy (non-hydrogen) atoms. The largest absolute Gasteiger partial charge is 0.384 e. The van der Waals surface area contributed by atoms with Crippen LogP contribution in [0.25, 0.3) is 0 Å². The van der Waals surface area contributed by atoms with E-state index in [1.165, 1.54) is 0 Å². The summed E-state index contributed by atoms with van der Waals surface area (Å²) in [5.41, 5.74) is 10.5. The highest BCUT2D eigenvalue weighted by atomic mass is 15.6.